The quantitative estimate of drug-likeness (QED) is 0.844. The predicted octanol–water partition coefficient (Wildman–Crippen LogP) is 1.64. The van der Waals surface area contributed by atoms with Crippen LogP contribution in [0.4, 0.5) is 0 Å². The monoisotopic (exact) mass is 231 g/mol. The van der Waals surface area contributed by atoms with Crippen LogP contribution >= 0.6 is 0 Å². The van der Waals surface area contributed by atoms with Gasteiger partial charge in [0.05, 0.1) is 24.3 Å². The van der Waals surface area contributed by atoms with Gasteiger partial charge in [0.25, 0.3) is 0 Å². The van der Waals surface area contributed by atoms with Crippen molar-refractivity contribution in [3.8, 4) is 0 Å². The molecule has 1 unspecified atom stereocenters. The lowest BCUT2D eigenvalue weighted by Crippen LogP contribution is -2.18. The number of imidazole rings is 1. The van der Waals surface area contributed by atoms with E-state index in [1.165, 1.54) is 24.1 Å². The molecule has 0 aliphatic carbocycles. The first-order chi connectivity index (χ1) is 8.36. The van der Waals surface area contributed by atoms with Crippen LogP contribution in [0.2, 0.25) is 0 Å². The molecule has 90 valence electrons. The van der Waals surface area contributed by atoms with Crippen molar-refractivity contribution >= 4 is 0 Å². The molecular formula is C12H17N5. The van der Waals surface area contributed by atoms with E-state index < -0.39 is 0 Å². The average molecular weight is 231 g/mol. The maximum Gasteiger partial charge on any atom is 0.0954 e. The highest BCUT2D eigenvalue weighted by molar-refractivity contribution is 5.16. The Morgan fingerprint density at radius 2 is 2.41 bits per heavy atom. The van der Waals surface area contributed by atoms with Gasteiger partial charge in [-0.3, -0.25) is 5.10 Å². The standard InChI is InChI=1S/C12H17N5/c1-9(10-5-15-16-6-10)17-8-13-7-12(17)11-3-2-4-14-11/h5-9,11,14H,2-4H2,1H3,(H,15,16)/t9?,11-/m0/s1. The number of aromatic amines is 1. The summed E-state index contributed by atoms with van der Waals surface area (Å²) >= 11 is 0. The van der Waals surface area contributed by atoms with Crippen LogP contribution in [0.25, 0.3) is 0 Å². The number of nitrogens with zero attached hydrogens (tertiary/aromatic N) is 3. The van der Waals surface area contributed by atoms with Crippen LogP contribution in [0.5, 0.6) is 0 Å². The second kappa shape index (κ2) is 4.33. The molecule has 2 aromatic rings. The van der Waals surface area contributed by atoms with E-state index in [2.05, 4.69) is 32.0 Å². The third-order valence-electron chi connectivity index (χ3n) is 3.53. The van der Waals surface area contributed by atoms with Crippen molar-refractivity contribution < 1.29 is 0 Å². The first-order valence-corrected chi connectivity index (χ1v) is 6.10. The van der Waals surface area contributed by atoms with Gasteiger partial charge in [-0.2, -0.15) is 5.10 Å². The van der Waals surface area contributed by atoms with Crippen LogP contribution in [0.15, 0.2) is 24.9 Å². The van der Waals surface area contributed by atoms with Crippen molar-refractivity contribution in [3.05, 3.63) is 36.2 Å². The fraction of sp³-hybridized carbons (Fsp3) is 0.500. The SMILES string of the molecule is CC(c1cn[nH]c1)n1cncc1[C@@H]1CCCN1. The number of rotatable bonds is 3. The summed E-state index contributed by atoms with van der Waals surface area (Å²) in [5.74, 6) is 0. The molecule has 1 aliphatic heterocycles. The van der Waals surface area contributed by atoms with Crippen molar-refractivity contribution in [2.24, 2.45) is 0 Å². The fourth-order valence-electron chi connectivity index (χ4n) is 2.50. The van der Waals surface area contributed by atoms with E-state index in [1.807, 2.05) is 24.9 Å². The Labute approximate surface area is 100 Å². The molecule has 1 aliphatic rings. The van der Waals surface area contributed by atoms with Crippen LogP contribution in [-0.4, -0.2) is 26.3 Å². The second-order valence-electron chi connectivity index (χ2n) is 4.58. The maximum absolute atomic E-state index is 4.29. The second-order valence-corrected chi connectivity index (χ2v) is 4.58. The van der Waals surface area contributed by atoms with E-state index in [0.717, 1.165) is 6.54 Å². The summed E-state index contributed by atoms with van der Waals surface area (Å²) in [4.78, 5) is 4.29. The molecule has 0 spiro atoms. The molecule has 5 nitrogen and oxygen atoms in total. The Kier molecular flexibility index (Phi) is 2.68. The first-order valence-electron chi connectivity index (χ1n) is 6.10. The lowest BCUT2D eigenvalue weighted by Gasteiger charge is -2.18. The Morgan fingerprint density at radius 1 is 1.47 bits per heavy atom. The van der Waals surface area contributed by atoms with Crippen LogP contribution in [0.1, 0.15) is 43.1 Å². The summed E-state index contributed by atoms with van der Waals surface area (Å²) in [5.41, 5.74) is 2.46. The lowest BCUT2D eigenvalue weighted by atomic mass is 10.1. The summed E-state index contributed by atoms with van der Waals surface area (Å²) in [5, 5.41) is 10.4. The van der Waals surface area contributed by atoms with Crippen molar-refractivity contribution in [2.45, 2.75) is 31.8 Å². The third kappa shape index (κ3) is 1.86. The van der Waals surface area contributed by atoms with E-state index in [9.17, 15) is 0 Å². The Bertz CT molecular complexity index is 467. The van der Waals surface area contributed by atoms with Gasteiger partial charge in [0.1, 0.15) is 0 Å². The number of nitrogens with one attached hydrogen (secondary N) is 2. The summed E-state index contributed by atoms with van der Waals surface area (Å²) in [6, 6.07) is 0.723. The fourth-order valence-corrected chi connectivity index (χ4v) is 2.50. The van der Waals surface area contributed by atoms with E-state index in [4.69, 9.17) is 0 Å². The molecule has 3 rings (SSSR count). The molecule has 2 N–H and O–H groups in total. The highest BCUT2D eigenvalue weighted by Gasteiger charge is 2.22. The van der Waals surface area contributed by atoms with Gasteiger partial charge >= 0.3 is 0 Å². The number of hydrogen-bond donors (Lipinski definition) is 2. The van der Waals surface area contributed by atoms with Crippen molar-refractivity contribution in [1.29, 1.82) is 0 Å². The maximum atomic E-state index is 4.29. The lowest BCUT2D eigenvalue weighted by molar-refractivity contribution is 0.538. The molecule has 17 heavy (non-hydrogen) atoms. The zero-order valence-corrected chi connectivity index (χ0v) is 9.93. The number of H-pyrrole nitrogens is 1. The summed E-state index contributed by atoms with van der Waals surface area (Å²) < 4.78 is 2.23. The van der Waals surface area contributed by atoms with Crippen molar-refractivity contribution in [2.75, 3.05) is 6.54 Å². The van der Waals surface area contributed by atoms with Gasteiger partial charge in [-0.05, 0) is 26.3 Å². The number of aromatic nitrogens is 4. The highest BCUT2D eigenvalue weighted by Crippen LogP contribution is 2.27. The zero-order chi connectivity index (χ0) is 11.7. The van der Waals surface area contributed by atoms with E-state index >= 15 is 0 Å². The van der Waals surface area contributed by atoms with Gasteiger partial charge < -0.3 is 9.88 Å². The normalized spacial score (nSPS) is 21.8. The van der Waals surface area contributed by atoms with Gasteiger partial charge in [0, 0.05) is 24.0 Å². The highest BCUT2D eigenvalue weighted by atomic mass is 15.1. The van der Waals surface area contributed by atoms with Crippen LogP contribution in [-0.2, 0) is 0 Å². The van der Waals surface area contributed by atoms with E-state index in [1.54, 1.807) is 0 Å². The Balaban J connectivity index is 1.90. The molecule has 5 heteroatoms. The minimum Gasteiger partial charge on any atom is -0.326 e. The van der Waals surface area contributed by atoms with Crippen molar-refractivity contribution in [3.63, 3.8) is 0 Å². The van der Waals surface area contributed by atoms with Gasteiger partial charge in [0.2, 0.25) is 0 Å². The molecule has 0 bridgehead atoms. The Morgan fingerprint density at radius 3 is 3.12 bits per heavy atom. The molecule has 0 aromatic carbocycles. The molecular weight excluding hydrogens is 214 g/mol. The molecule has 3 heterocycles. The summed E-state index contributed by atoms with van der Waals surface area (Å²) in [7, 11) is 0. The molecule has 0 amide bonds. The average Bonchev–Trinajstić information content (AvgIpc) is 3.09. The third-order valence-corrected chi connectivity index (χ3v) is 3.53. The van der Waals surface area contributed by atoms with E-state index in [-0.39, 0.29) is 6.04 Å². The molecule has 1 fully saturated rings. The molecule has 2 atom stereocenters. The van der Waals surface area contributed by atoms with Gasteiger partial charge in [0.15, 0.2) is 0 Å². The smallest absolute Gasteiger partial charge is 0.0954 e. The van der Waals surface area contributed by atoms with Gasteiger partial charge in [-0.1, -0.05) is 0 Å². The first kappa shape index (κ1) is 10.5. The summed E-state index contributed by atoms with van der Waals surface area (Å²) in [6.07, 6.45) is 10.1. The predicted molar refractivity (Wildman–Crippen MR) is 64.6 cm³/mol. The molecule has 1 saturated heterocycles. The summed E-state index contributed by atoms with van der Waals surface area (Å²) in [6.45, 7) is 3.28. The largest absolute Gasteiger partial charge is 0.326 e. The van der Waals surface area contributed by atoms with Crippen molar-refractivity contribution in [1.82, 2.24) is 25.1 Å². The minimum absolute atomic E-state index is 0.272. The molecule has 0 saturated carbocycles. The number of hydrogen-bond acceptors (Lipinski definition) is 3. The Hall–Kier alpha value is -1.62. The molecule has 2 aromatic heterocycles. The van der Waals surface area contributed by atoms with Gasteiger partial charge in [-0.25, -0.2) is 4.98 Å². The topological polar surface area (TPSA) is 58.5 Å². The zero-order valence-electron chi connectivity index (χ0n) is 9.93. The van der Waals surface area contributed by atoms with Crippen LogP contribution in [0, 0.1) is 0 Å². The van der Waals surface area contributed by atoms with Crippen LogP contribution < -0.4 is 5.32 Å². The van der Waals surface area contributed by atoms with E-state index in [0.29, 0.717) is 6.04 Å². The van der Waals surface area contributed by atoms with Crippen LogP contribution in [0.3, 0.4) is 0 Å². The molecule has 0 radical (unpaired) electrons. The van der Waals surface area contributed by atoms with Gasteiger partial charge in [-0.15, -0.1) is 0 Å². The minimum atomic E-state index is 0.272.